The topological polar surface area (TPSA) is 81.3 Å². The second kappa shape index (κ2) is 7.63. The molecule has 2 heterocycles. The highest BCUT2D eigenvalue weighted by Crippen LogP contribution is 2.23. The average Bonchev–Trinajstić information content (AvgIpc) is 3.00. The van der Waals surface area contributed by atoms with E-state index in [1.54, 1.807) is 18.2 Å². The Kier molecular flexibility index (Phi) is 5.02. The number of hydrogen-bond donors (Lipinski definition) is 1. The molecular weight excluding hydrogens is 434 g/mol. The van der Waals surface area contributed by atoms with Crippen molar-refractivity contribution >= 4 is 33.2 Å². The van der Waals surface area contributed by atoms with Crippen LogP contribution in [0.15, 0.2) is 63.9 Å². The van der Waals surface area contributed by atoms with Crippen LogP contribution in [0.4, 0.5) is 5.69 Å². The van der Waals surface area contributed by atoms with Crippen molar-refractivity contribution in [2.75, 3.05) is 5.32 Å². The van der Waals surface area contributed by atoms with E-state index in [1.165, 1.54) is 4.52 Å². The molecular formula is C21H18BrN5O2. The number of aryl methyl sites for hydroxylation is 2. The molecule has 2 aromatic carbocycles. The number of nitrogens with one attached hydrogen (secondary N) is 1. The molecule has 0 fully saturated rings. The van der Waals surface area contributed by atoms with Crippen LogP contribution in [0, 0.1) is 13.8 Å². The SMILES string of the molecule is Cc1ccc(-c2ccc3nn(CC(=O)Nc4ccc(C)cc4Br)c(=O)n3n2)cc1. The Hall–Kier alpha value is -3.26. The summed E-state index contributed by atoms with van der Waals surface area (Å²) in [5, 5.41) is 11.4. The molecule has 0 saturated heterocycles. The molecule has 0 aliphatic heterocycles. The molecule has 0 bridgehead atoms. The number of carbonyl (C=O) groups is 1. The molecule has 0 aliphatic rings. The van der Waals surface area contributed by atoms with Crippen LogP contribution in [-0.2, 0) is 11.3 Å². The van der Waals surface area contributed by atoms with Gasteiger partial charge in [-0.25, -0.2) is 9.48 Å². The third-order valence-electron chi connectivity index (χ3n) is 4.48. The van der Waals surface area contributed by atoms with Crippen molar-refractivity contribution in [2.24, 2.45) is 0 Å². The van der Waals surface area contributed by atoms with E-state index in [0.29, 0.717) is 17.0 Å². The number of hydrogen-bond acceptors (Lipinski definition) is 4. The highest BCUT2D eigenvalue weighted by atomic mass is 79.9. The molecule has 1 N–H and O–H groups in total. The third kappa shape index (κ3) is 3.97. The summed E-state index contributed by atoms with van der Waals surface area (Å²) in [7, 11) is 0. The maximum absolute atomic E-state index is 12.7. The number of halogens is 1. The molecule has 0 saturated carbocycles. The zero-order valence-corrected chi connectivity index (χ0v) is 17.5. The molecule has 8 heteroatoms. The summed E-state index contributed by atoms with van der Waals surface area (Å²) >= 11 is 3.43. The molecule has 0 radical (unpaired) electrons. The third-order valence-corrected chi connectivity index (χ3v) is 5.14. The molecule has 0 spiro atoms. The fraction of sp³-hybridized carbons (Fsp3) is 0.143. The smallest absolute Gasteiger partial charge is 0.323 e. The van der Waals surface area contributed by atoms with Crippen molar-refractivity contribution < 1.29 is 4.79 Å². The van der Waals surface area contributed by atoms with E-state index in [4.69, 9.17) is 0 Å². The van der Waals surface area contributed by atoms with Gasteiger partial charge in [-0.15, -0.1) is 5.10 Å². The fourth-order valence-corrected chi connectivity index (χ4v) is 3.53. The Labute approximate surface area is 175 Å². The van der Waals surface area contributed by atoms with Crippen LogP contribution in [0.3, 0.4) is 0 Å². The van der Waals surface area contributed by atoms with E-state index in [2.05, 4.69) is 31.4 Å². The van der Waals surface area contributed by atoms with Crippen LogP contribution in [0.25, 0.3) is 16.9 Å². The van der Waals surface area contributed by atoms with Gasteiger partial charge in [-0.3, -0.25) is 4.79 Å². The molecule has 4 aromatic rings. The van der Waals surface area contributed by atoms with Crippen molar-refractivity contribution in [1.82, 2.24) is 19.4 Å². The van der Waals surface area contributed by atoms with E-state index in [9.17, 15) is 9.59 Å². The van der Waals surface area contributed by atoms with Crippen molar-refractivity contribution in [3.05, 3.63) is 80.7 Å². The van der Waals surface area contributed by atoms with Crippen molar-refractivity contribution in [2.45, 2.75) is 20.4 Å². The van der Waals surface area contributed by atoms with Crippen molar-refractivity contribution in [1.29, 1.82) is 0 Å². The lowest BCUT2D eigenvalue weighted by Gasteiger charge is -2.07. The number of anilines is 1. The number of benzene rings is 2. The van der Waals surface area contributed by atoms with Gasteiger partial charge in [0.2, 0.25) is 5.91 Å². The van der Waals surface area contributed by atoms with E-state index in [1.807, 2.05) is 50.2 Å². The predicted molar refractivity (Wildman–Crippen MR) is 115 cm³/mol. The Balaban J connectivity index is 1.59. The lowest BCUT2D eigenvalue weighted by atomic mass is 10.1. The van der Waals surface area contributed by atoms with E-state index < -0.39 is 5.69 Å². The zero-order valence-electron chi connectivity index (χ0n) is 15.9. The first kappa shape index (κ1) is 19.1. The van der Waals surface area contributed by atoms with Crippen LogP contribution in [0.5, 0.6) is 0 Å². The summed E-state index contributed by atoms with van der Waals surface area (Å²) in [6.07, 6.45) is 0. The predicted octanol–water partition coefficient (Wildman–Crippen LogP) is 3.58. The standard InChI is InChI=1S/C21H18BrN5O2/c1-13-3-6-15(7-4-13)17-9-10-19-25-26(21(29)27(19)24-17)12-20(28)23-18-8-5-14(2)11-16(18)22/h3-11H,12H2,1-2H3,(H,23,28). The summed E-state index contributed by atoms with van der Waals surface area (Å²) in [6, 6.07) is 17.0. The van der Waals surface area contributed by atoms with Crippen LogP contribution < -0.4 is 11.0 Å². The van der Waals surface area contributed by atoms with Crippen molar-refractivity contribution in [3.63, 3.8) is 0 Å². The van der Waals surface area contributed by atoms with Gasteiger partial charge in [0.15, 0.2) is 5.65 Å². The summed E-state index contributed by atoms with van der Waals surface area (Å²) in [5.74, 6) is -0.348. The fourth-order valence-electron chi connectivity index (χ4n) is 2.94. The monoisotopic (exact) mass is 451 g/mol. The number of nitrogens with zero attached hydrogens (tertiary/aromatic N) is 4. The Morgan fingerprint density at radius 1 is 1.00 bits per heavy atom. The Morgan fingerprint density at radius 2 is 1.72 bits per heavy atom. The van der Waals surface area contributed by atoms with Crippen LogP contribution >= 0.6 is 15.9 Å². The molecule has 0 unspecified atom stereocenters. The van der Waals surface area contributed by atoms with Crippen LogP contribution in [0.2, 0.25) is 0 Å². The van der Waals surface area contributed by atoms with Gasteiger partial charge in [0, 0.05) is 10.0 Å². The maximum Gasteiger partial charge on any atom is 0.367 e. The molecule has 0 atom stereocenters. The minimum atomic E-state index is -0.466. The largest absolute Gasteiger partial charge is 0.367 e. The van der Waals surface area contributed by atoms with Gasteiger partial charge in [0.1, 0.15) is 6.54 Å². The van der Waals surface area contributed by atoms with Gasteiger partial charge in [-0.2, -0.15) is 9.61 Å². The highest BCUT2D eigenvalue weighted by Gasteiger charge is 2.14. The summed E-state index contributed by atoms with van der Waals surface area (Å²) < 4.78 is 3.10. The minimum absolute atomic E-state index is 0.206. The Bertz CT molecular complexity index is 1270. The van der Waals surface area contributed by atoms with Gasteiger partial charge in [-0.05, 0) is 59.6 Å². The number of rotatable bonds is 4. The van der Waals surface area contributed by atoms with Crippen LogP contribution in [0.1, 0.15) is 11.1 Å². The second-order valence-electron chi connectivity index (χ2n) is 6.83. The van der Waals surface area contributed by atoms with Crippen LogP contribution in [-0.4, -0.2) is 25.3 Å². The first-order valence-corrected chi connectivity index (χ1v) is 9.80. The quantitative estimate of drug-likeness (QED) is 0.514. The minimum Gasteiger partial charge on any atom is -0.323 e. The number of carbonyl (C=O) groups excluding carboxylic acids is 1. The van der Waals surface area contributed by atoms with E-state index >= 15 is 0 Å². The molecule has 29 heavy (non-hydrogen) atoms. The van der Waals surface area contributed by atoms with Gasteiger partial charge >= 0.3 is 5.69 Å². The second-order valence-corrected chi connectivity index (χ2v) is 7.68. The summed E-state index contributed by atoms with van der Waals surface area (Å²) in [5.41, 5.74) is 4.33. The number of amides is 1. The Morgan fingerprint density at radius 3 is 2.45 bits per heavy atom. The van der Waals surface area contributed by atoms with Gasteiger partial charge < -0.3 is 5.32 Å². The van der Waals surface area contributed by atoms with Gasteiger partial charge in [0.25, 0.3) is 0 Å². The summed E-state index contributed by atoms with van der Waals surface area (Å²) in [4.78, 5) is 25.1. The molecule has 4 rings (SSSR count). The van der Waals surface area contributed by atoms with Gasteiger partial charge in [0.05, 0.1) is 11.4 Å². The maximum atomic E-state index is 12.7. The molecule has 2 aromatic heterocycles. The van der Waals surface area contributed by atoms with Gasteiger partial charge in [-0.1, -0.05) is 35.9 Å². The van der Waals surface area contributed by atoms with E-state index in [-0.39, 0.29) is 12.5 Å². The first-order chi connectivity index (χ1) is 13.9. The lowest BCUT2D eigenvalue weighted by Crippen LogP contribution is -2.29. The number of fused-ring (bicyclic) bond motifs is 1. The van der Waals surface area contributed by atoms with E-state index in [0.717, 1.165) is 25.8 Å². The molecule has 1 amide bonds. The summed E-state index contributed by atoms with van der Waals surface area (Å²) in [6.45, 7) is 3.77. The molecule has 146 valence electrons. The highest BCUT2D eigenvalue weighted by molar-refractivity contribution is 9.10. The normalized spacial score (nSPS) is 11.0. The number of aromatic nitrogens is 4. The zero-order chi connectivity index (χ0) is 20.5. The lowest BCUT2D eigenvalue weighted by molar-refractivity contribution is -0.117. The molecule has 7 nitrogen and oxygen atoms in total. The first-order valence-electron chi connectivity index (χ1n) is 9.01. The molecule has 0 aliphatic carbocycles. The van der Waals surface area contributed by atoms with Crippen molar-refractivity contribution in [3.8, 4) is 11.3 Å². The average molecular weight is 452 g/mol.